The minimum absolute atomic E-state index is 0.206. The summed E-state index contributed by atoms with van der Waals surface area (Å²) < 4.78 is 27.6. The van der Waals surface area contributed by atoms with Crippen molar-refractivity contribution in [3.05, 3.63) is 51.9 Å². The average Bonchev–Trinajstić information content (AvgIpc) is 2.47. The van der Waals surface area contributed by atoms with Gasteiger partial charge in [0.2, 0.25) is 5.96 Å². The number of nitrogens with one attached hydrogen (secondary N) is 2. The summed E-state index contributed by atoms with van der Waals surface area (Å²) in [5, 5.41) is 3.02. The summed E-state index contributed by atoms with van der Waals surface area (Å²) in [6.45, 7) is 0.296. The Morgan fingerprint density at radius 2 is 2.05 bits per heavy atom. The summed E-state index contributed by atoms with van der Waals surface area (Å²) in [6.07, 6.45) is 1.67. The number of nitrogens with zero attached hydrogens (tertiary/aromatic N) is 2. The second-order valence-corrected chi connectivity index (χ2v) is 7.14. The van der Waals surface area contributed by atoms with Gasteiger partial charge in [0.05, 0.1) is 17.9 Å². The van der Waals surface area contributed by atoms with Crippen LogP contribution in [0.2, 0.25) is 0 Å². The maximum atomic E-state index is 12.2. The van der Waals surface area contributed by atoms with Crippen molar-refractivity contribution in [3.63, 3.8) is 0 Å². The van der Waals surface area contributed by atoms with Gasteiger partial charge in [0, 0.05) is 9.77 Å². The molecule has 1 aliphatic rings. The van der Waals surface area contributed by atoms with E-state index in [-0.39, 0.29) is 10.9 Å². The molecule has 0 unspecified atom stereocenters. The van der Waals surface area contributed by atoms with E-state index in [1.54, 1.807) is 18.3 Å². The molecule has 0 atom stereocenters. The van der Waals surface area contributed by atoms with E-state index in [1.165, 1.54) is 0 Å². The molecule has 0 bridgehead atoms. The molecule has 0 spiro atoms. The molecular formula is C13H11IN4O2S. The van der Waals surface area contributed by atoms with Crippen LogP contribution in [0.3, 0.4) is 0 Å². The van der Waals surface area contributed by atoms with E-state index >= 15 is 0 Å². The highest BCUT2D eigenvalue weighted by atomic mass is 127. The van der Waals surface area contributed by atoms with Crippen LogP contribution in [-0.2, 0) is 16.6 Å². The van der Waals surface area contributed by atoms with Crippen LogP contribution in [0.1, 0.15) is 5.69 Å². The molecule has 6 nitrogen and oxygen atoms in total. The largest absolute Gasteiger partial charge is 0.323 e. The predicted octanol–water partition coefficient (Wildman–Crippen LogP) is 1.95. The van der Waals surface area contributed by atoms with E-state index in [4.69, 9.17) is 0 Å². The average molecular weight is 414 g/mol. The van der Waals surface area contributed by atoms with Crippen molar-refractivity contribution in [1.82, 2.24) is 9.71 Å². The van der Waals surface area contributed by atoms with Crippen molar-refractivity contribution in [3.8, 4) is 0 Å². The lowest BCUT2D eigenvalue weighted by molar-refractivity contribution is 0.591. The minimum Gasteiger partial charge on any atom is -0.323 e. The molecule has 1 aromatic carbocycles. The van der Waals surface area contributed by atoms with Crippen LogP contribution in [0.25, 0.3) is 0 Å². The number of guanidine groups is 1. The maximum absolute atomic E-state index is 12.2. The molecule has 1 aliphatic heterocycles. The van der Waals surface area contributed by atoms with Gasteiger partial charge < -0.3 is 5.32 Å². The summed E-state index contributed by atoms with van der Waals surface area (Å²) in [6, 6.07) is 10.6. The van der Waals surface area contributed by atoms with Crippen molar-refractivity contribution >= 4 is 44.3 Å². The highest BCUT2D eigenvalue weighted by Crippen LogP contribution is 2.29. The maximum Gasteiger partial charge on any atom is 0.266 e. The molecule has 2 aromatic rings. The van der Waals surface area contributed by atoms with Crippen LogP contribution in [0.4, 0.5) is 5.69 Å². The summed E-state index contributed by atoms with van der Waals surface area (Å²) in [5.74, 6) is 0.206. The Morgan fingerprint density at radius 3 is 2.81 bits per heavy atom. The second-order valence-electron chi connectivity index (χ2n) is 4.33. The summed E-state index contributed by atoms with van der Waals surface area (Å²) in [4.78, 5) is 8.61. The molecular weight excluding hydrogens is 403 g/mol. The van der Waals surface area contributed by atoms with Crippen molar-refractivity contribution in [2.24, 2.45) is 4.99 Å². The van der Waals surface area contributed by atoms with E-state index < -0.39 is 10.0 Å². The van der Waals surface area contributed by atoms with Gasteiger partial charge in [-0.05, 0) is 46.9 Å². The van der Waals surface area contributed by atoms with Gasteiger partial charge in [-0.3, -0.25) is 4.98 Å². The number of hydrogen-bond acceptors (Lipinski definition) is 4. The minimum atomic E-state index is -3.59. The van der Waals surface area contributed by atoms with Crippen molar-refractivity contribution in [2.75, 3.05) is 5.32 Å². The number of aromatic nitrogens is 1. The topological polar surface area (TPSA) is 83.5 Å². The Balaban J connectivity index is 1.93. The molecule has 2 heterocycles. The monoisotopic (exact) mass is 414 g/mol. The molecule has 3 rings (SSSR count). The molecule has 0 radical (unpaired) electrons. The van der Waals surface area contributed by atoms with Gasteiger partial charge in [0.15, 0.2) is 0 Å². The van der Waals surface area contributed by atoms with Gasteiger partial charge >= 0.3 is 0 Å². The predicted molar refractivity (Wildman–Crippen MR) is 88.5 cm³/mol. The highest BCUT2D eigenvalue weighted by Gasteiger charge is 2.27. The van der Waals surface area contributed by atoms with Gasteiger partial charge in [-0.2, -0.15) is 0 Å². The van der Waals surface area contributed by atoms with Crippen molar-refractivity contribution in [1.29, 1.82) is 0 Å². The quantitative estimate of drug-likeness (QED) is 0.736. The fourth-order valence-electron chi connectivity index (χ4n) is 1.90. The first kappa shape index (κ1) is 14.3. The van der Waals surface area contributed by atoms with Crippen LogP contribution in [0, 0.1) is 3.57 Å². The van der Waals surface area contributed by atoms with Gasteiger partial charge in [0.1, 0.15) is 4.90 Å². The number of halogens is 1. The van der Waals surface area contributed by atoms with Gasteiger partial charge in [-0.1, -0.05) is 12.1 Å². The van der Waals surface area contributed by atoms with E-state index in [2.05, 4.69) is 42.6 Å². The number of anilines is 1. The number of hydrogen-bond donors (Lipinski definition) is 2. The zero-order chi connectivity index (χ0) is 14.9. The van der Waals surface area contributed by atoms with E-state index in [9.17, 15) is 8.42 Å². The number of rotatable bonds is 2. The molecule has 0 fully saturated rings. The summed E-state index contributed by atoms with van der Waals surface area (Å²) in [5.41, 5.74) is 1.32. The SMILES string of the molecule is O=S1(=O)NC(=NCc2ccccn2)Nc2c(I)cccc21. The lowest BCUT2D eigenvalue weighted by Gasteiger charge is -2.22. The van der Waals surface area contributed by atoms with Crippen LogP contribution in [0.5, 0.6) is 0 Å². The molecule has 0 amide bonds. The van der Waals surface area contributed by atoms with Gasteiger partial charge in [-0.25, -0.2) is 18.1 Å². The Bertz CT molecular complexity index is 806. The fourth-order valence-corrected chi connectivity index (χ4v) is 3.88. The normalized spacial score (nSPS) is 17.7. The highest BCUT2D eigenvalue weighted by molar-refractivity contribution is 14.1. The first-order valence-electron chi connectivity index (χ1n) is 6.09. The van der Waals surface area contributed by atoms with Crippen LogP contribution in [0.15, 0.2) is 52.5 Å². The van der Waals surface area contributed by atoms with Gasteiger partial charge in [0.25, 0.3) is 10.0 Å². The van der Waals surface area contributed by atoms with Gasteiger partial charge in [-0.15, -0.1) is 0 Å². The van der Waals surface area contributed by atoms with Crippen molar-refractivity contribution < 1.29 is 8.42 Å². The molecule has 8 heteroatoms. The molecule has 0 saturated heterocycles. The zero-order valence-corrected chi connectivity index (χ0v) is 13.7. The first-order valence-corrected chi connectivity index (χ1v) is 8.65. The lowest BCUT2D eigenvalue weighted by atomic mass is 10.3. The fraction of sp³-hybridized carbons (Fsp3) is 0.0769. The smallest absolute Gasteiger partial charge is 0.266 e. The molecule has 21 heavy (non-hydrogen) atoms. The standard InChI is InChI=1S/C13H11IN4O2S/c14-10-5-3-6-11-12(10)17-13(18-21(11,19)20)16-8-9-4-1-2-7-15-9/h1-7H,8H2,(H2,16,17,18). The van der Waals surface area contributed by atoms with E-state index in [0.29, 0.717) is 12.2 Å². The number of benzene rings is 1. The first-order chi connectivity index (χ1) is 10.1. The number of fused-ring (bicyclic) bond motifs is 1. The Morgan fingerprint density at radius 1 is 1.19 bits per heavy atom. The van der Waals surface area contributed by atoms with Crippen LogP contribution >= 0.6 is 22.6 Å². The summed E-state index contributed by atoms with van der Waals surface area (Å²) >= 11 is 2.09. The van der Waals surface area contributed by atoms with E-state index in [1.807, 2.05) is 24.3 Å². The molecule has 0 aliphatic carbocycles. The third-order valence-electron chi connectivity index (χ3n) is 2.86. The molecule has 1 aromatic heterocycles. The summed E-state index contributed by atoms with van der Waals surface area (Å²) in [7, 11) is -3.59. The third kappa shape index (κ3) is 3.00. The number of aliphatic imine (C=N–C) groups is 1. The number of sulfonamides is 1. The van der Waals surface area contributed by atoms with E-state index in [0.717, 1.165) is 9.26 Å². The molecule has 108 valence electrons. The zero-order valence-electron chi connectivity index (χ0n) is 10.7. The second kappa shape index (κ2) is 5.60. The lowest BCUT2D eigenvalue weighted by Crippen LogP contribution is -2.41. The van der Waals surface area contributed by atoms with Crippen LogP contribution in [-0.4, -0.2) is 19.4 Å². The van der Waals surface area contributed by atoms with Crippen molar-refractivity contribution in [2.45, 2.75) is 11.4 Å². The molecule has 2 N–H and O–H groups in total. The van der Waals surface area contributed by atoms with Crippen LogP contribution < -0.4 is 10.0 Å². The number of para-hydroxylation sites is 1. The Hall–Kier alpha value is -1.68. The Labute approximate surface area is 135 Å². The third-order valence-corrected chi connectivity index (χ3v) is 5.14. The number of pyridine rings is 1. The molecule has 0 saturated carbocycles. The Kier molecular flexibility index (Phi) is 3.81.